The molecule has 0 fully saturated rings. The highest BCUT2D eigenvalue weighted by Crippen LogP contribution is 2.38. The molecule has 0 aliphatic heterocycles. The molecule has 5 aromatic heterocycles. The van der Waals surface area contributed by atoms with Crippen molar-refractivity contribution in [3.8, 4) is 0 Å². The molecule has 16 aromatic carbocycles. The van der Waals surface area contributed by atoms with Crippen LogP contribution in [-0.4, -0.2) is 49.8 Å². The van der Waals surface area contributed by atoms with Crippen molar-refractivity contribution < 1.29 is 0 Å². The van der Waals surface area contributed by atoms with Crippen molar-refractivity contribution in [2.45, 2.75) is 249 Å². The van der Waals surface area contributed by atoms with Gasteiger partial charge >= 0.3 is 0 Å². The molecule has 0 saturated heterocycles. The maximum Gasteiger partial charge on any atom is 0.0971 e. The van der Waals surface area contributed by atoms with Crippen LogP contribution < -0.4 is 0 Å². The van der Waals surface area contributed by atoms with Crippen molar-refractivity contribution in [2.24, 2.45) is 27.1 Å². The van der Waals surface area contributed by atoms with Gasteiger partial charge in [-0.05, 0) is 172 Å². The Balaban J connectivity index is 0.000000321. The van der Waals surface area contributed by atoms with Crippen LogP contribution in [-0.2, 0) is 0 Å². The van der Waals surface area contributed by atoms with Crippen molar-refractivity contribution in [3.05, 3.63) is 317 Å². The fourth-order valence-electron chi connectivity index (χ4n) is 13.4. The van der Waals surface area contributed by atoms with E-state index in [4.69, 9.17) is 0 Å². The van der Waals surface area contributed by atoms with E-state index >= 15 is 0 Å². The monoisotopic (exact) mass is 1800 g/mol. The third-order valence-electron chi connectivity index (χ3n) is 17.7. The molecule has 0 N–H and O–H groups in total. The summed E-state index contributed by atoms with van der Waals surface area (Å²) in [6.07, 6.45) is 17.4. The molecule has 0 unspecified atom stereocenters. The highest BCUT2D eigenvalue weighted by molar-refractivity contribution is 6.27. The summed E-state index contributed by atoms with van der Waals surface area (Å²) in [5.41, 5.74) is 12.0. The van der Waals surface area contributed by atoms with Crippen LogP contribution in [0.15, 0.2) is 317 Å². The van der Waals surface area contributed by atoms with Gasteiger partial charge in [-0.25, -0.2) is 0 Å². The first kappa shape index (κ1) is 114. The van der Waals surface area contributed by atoms with Crippen LogP contribution in [0.25, 0.3) is 174 Å². The molecule has 0 spiro atoms. The van der Waals surface area contributed by atoms with E-state index in [9.17, 15) is 0 Å². The van der Waals surface area contributed by atoms with Gasteiger partial charge in [0.15, 0.2) is 0 Å². The summed E-state index contributed by atoms with van der Waals surface area (Å²) in [7, 11) is 0. The van der Waals surface area contributed by atoms with Crippen LogP contribution >= 0.6 is 0 Å². The minimum absolute atomic E-state index is 0.500. The maximum atomic E-state index is 4.50. The summed E-state index contributed by atoms with van der Waals surface area (Å²) < 4.78 is 0. The third-order valence-corrected chi connectivity index (χ3v) is 17.7. The summed E-state index contributed by atoms with van der Waals surface area (Å²) in [5.74, 6) is 0. The summed E-state index contributed by atoms with van der Waals surface area (Å²) in [4.78, 5) is 44.2. The molecule has 0 aliphatic rings. The Kier molecular flexibility index (Phi) is 48.3. The van der Waals surface area contributed by atoms with Crippen molar-refractivity contribution >= 4 is 174 Å². The van der Waals surface area contributed by atoms with Crippen LogP contribution in [0.3, 0.4) is 0 Å². The minimum atomic E-state index is 0.500. The maximum absolute atomic E-state index is 4.50. The quantitative estimate of drug-likeness (QED) is 0.107. The SMILES string of the molecule is CC.CC.CC.CC.CC.CC.CC.CC.CC(C)(C)C.CC(C)(C)C.CC(C)(C)C.CC(C)(C)C.CC(C)(C)C.c1ccc2c(c1)c1ccccc1c1cc3nccnc3cc21.c1ccc2c(c1)ccc1c2ccc2nccnc21.c1ccc2c(c1)ccc1cc3nccnc3cc12.c1ccc2c(c1)ccc1ccc3nccnc3c12.c1ccc2c(c1)ccc1ccc3nccnc3c12. The van der Waals surface area contributed by atoms with Gasteiger partial charge in [-0.1, -0.05) is 462 Å². The average Bonchev–Trinajstić information content (AvgIpc) is 0.740. The zero-order valence-corrected chi connectivity index (χ0v) is 89.0. The van der Waals surface area contributed by atoms with E-state index in [-0.39, 0.29) is 0 Å². The fraction of sp³-hybridized carbons (Fsp3) is 0.328. The Hall–Kier alpha value is -12.9. The molecule has 0 amide bonds. The Morgan fingerprint density at radius 2 is 0.319 bits per heavy atom. The van der Waals surface area contributed by atoms with Crippen molar-refractivity contribution in [1.29, 1.82) is 0 Å². The molecular formula is C125H160N10. The van der Waals surface area contributed by atoms with E-state index in [2.05, 4.69) is 425 Å². The lowest BCUT2D eigenvalue weighted by atomic mass is 9.94. The van der Waals surface area contributed by atoms with Gasteiger partial charge in [0.2, 0.25) is 0 Å². The lowest BCUT2D eigenvalue weighted by Crippen LogP contribution is -1.93. The van der Waals surface area contributed by atoms with Gasteiger partial charge in [0, 0.05) is 78.1 Å². The summed E-state index contributed by atoms with van der Waals surface area (Å²) in [5, 5.41) is 27.2. The highest BCUT2D eigenvalue weighted by atomic mass is 14.8. The van der Waals surface area contributed by atoms with Crippen molar-refractivity contribution in [2.75, 3.05) is 0 Å². The number of nitrogens with zero attached hydrogens (tertiary/aromatic N) is 10. The molecule has 0 saturated carbocycles. The van der Waals surface area contributed by atoms with Gasteiger partial charge in [0.25, 0.3) is 0 Å². The van der Waals surface area contributed by atoms with Crippen LogP contribution in [0.1, 0.15) is 249 Å². The Bertz CT molecular complexity index is 6460. The van der Waals surface area contributed by atoms with E-state index in [1.807, 2.05) is 129 Å². The van der Waals surface area contributed by atoms with Gasteiger partial charge < -0.3 is 0 Å². The summed E-state index contributed by atoms with van der Waals surface area (Å²) in [6.45, 7) is 75.8. The number of hydrogen-bond acceptors (Lipinski definition) is 10. The molecule has 710 valence electrons. The standard InChI is InChI=1S/C20H12N2.4C16H10N2.5C5H12.8C2H6/c1-3-7-15-13(5-1)14-6-2-4-8-16(14)18-12-20-19(11-17(15)18)21-9-10-22-20;1-2-4-13-11(3-1)5-6-12-9-15-16(10-14(12)13)18-8-7-17-15;2*1-2-4-13-11(3-1)5-6-12-7-8-14-16(15(12)13)18-10-9-17-14;1-2-4-12-11(3-1)5-6-14-13(12)7-8-15-16(14)18-10-9-17-15;5*1-5(2,3)4;8*1-2/h1-12H;4*1-10H;5*1-4H3;8*1-2H3. The van der Waals surface area contributed by atoms with Crippen LogP contribution in [0.5, 0.6) is 0 Å². The highest BCUT2D eigenvalue weighted by Gasteiger charge is 2.14. The molecule has 0 aliphatic carbocycles. The zero-order chi connectivity index (χ0) is 101. The van der Waals surface area contributed by atoms with E-state index in [1.165, 1.54) is 118 Å². The Labute approximate surface area is 811 Å². The molecule has 0 bridgehead atoms. The minimum Gasteiger partial charge on any atom is -0.253 e. The predicted octanol–water partition coefficient (Wildman–Crippen LogP) is 39.3. The average molecular weight is 1800 g/mol. The second-order valence-electron chi connectivity index (χ2n) is 38.1. The largest absolute Gasteiger partial charge is 0.253 e. The first-order valence-electron chi connectivity index (χ1n) is 49.1. The normalized spacial score (nSPS) is 10.5. The number of aromatic nitrogens is 10. The second kappa shape index (κ2) is 57.0. The van der Waals surface area contributed by atoms with Crippen molar-refractivity contribution in [3.63, 3.8) is 0 Å². The molecule has 0 atom stereocenters. The van der Waals surface area contributed by atoms with Gasteiger partial charge in [-0.2, -0.15) is 0 Å². The molecule has 0 radical (unpaired) electrons. The van der Waals surface area contributed by atoms with Crippen LogP contribution in [0.2, 0.25) is 0 Å². The van der Waals surface area contributed by atoms with Gasteiger partial charge in [0.1, 0.15) is 0 Å². The number of hydrogen-bond donors (Lipinski definition) is 0. The van der Waals surface area contributed by atoms with E-state index < -0.39 is 0 Å². The lowest BCUT2D eigenvalue weighted by molar-refractivity contribution is 0.469. The van der Waals surface area contributed by atoms with Gasteiger partial charge in [-0.3, -0.25) is 49.8 Å². The first-order valence-corrected chi connectivity index (χ1v) is 49.1. The lowest BCUT2D eigenvalue weighted by Gasteiger charge is -2.10. The molecule has 135 heavy (non-hydrogen) atoms. The van der Waals surface area contributed by atoms with E-state index in [0.29, 0.717) is 27.1 Å². The molecular weight excluding hydrogens is 1640 g/mol. The zero-order valence-electron chi connectivity index (χ0n) is 89.0. The van der Waals surface area contributed by atoms with E-state index in [0.717, 1.165) is 55.2 Å². The van der Waals surface area contributed by atoms with Gasteiger partial charge in [0.05, 0.1) is 55.2 Å². The number of benzene rings is 16. The third kappa shape index (κ3) is 35.8. The summed E-state index contributed by atoms with van der Waals surface area (Å²) >= 11 is 0. The topological polar surface area (TPSA) is 129 Å². The van der Waals surface area contributed by atoms with Crippen LogP contribution in [0, 0.1) is 27.1 Å². The summed E-state index contributed by atoms with van der Waals surface area (Å²) in [6, 6.07) is 89.0. The Morgan fingerprint density at radius 1 is 0.133 bits per heavy atom. The molecule has 10 heteroatoms. The predicted molar refractivity (Wildman–Crippen MR) is 607 cm³/mol. The van der Waals surface area contributed by atoms with E-state index in [1.54, 1.807) is 62.0 Å². The molecule has 21 rings (SSSR count). The Morgan fingerprint density at radius 3 is 0.644 bits per heavy atom. The fourth-order valence-corrected chi connectivity index (χ4v) is 13.4. The molecule has 10 nitrogen and oxygen atoms in total. The van der Waals surface area contributed by atoms with Crippen molar-refractivity contribution in [1.82, 2.24) is 49.8 Å². The number of rotatable bonds is 0. The first-order chi connectivity index (χ1) is 64.6. The van der Waals surface area contributed by atoms with Gasteiger partial charge in [-0.15, -0.1) is 0 Å². The second-order valence-corrected chi connectivity index (χ2v) is 38.1. The number of fused-ring (bicyclic) bond motifs is 26. The van der Waals surface area contributed by atoms with Crippen LogP contribution in [0.4, 0.5) is 0 Å². The molecule has 5 heterocycles. The molecule has 21 aromatic rings. The smallest absolute Gasteiger partial charge is 0.0971 e.